The first kappa shape index (κ1) is 22.0. The Labute approximate surface area is 182 Å². The maximum Gasteiger partial charge on any atom is 0.256 e. The van der Waals surface area contributed by atoms with Crippen LogP contribution in [0.25, 0.3) is 10.9 Å². The van der Waals surface area contributed by atoms with Crippen LogP contribution in [0.1, 0.15) is 55.3 Å². The zero-order valence-corrected chi connectivity index (χ0v) is 18.4. The minimum Gasteiger partial charge on any atom is -0.379 e. The van der Waals surface area contributed by atoms with Crippen LogP contribution in [0.15, 0.2) is 34.1 Å². The van der Waals surface area contributed by atoms with Gasteiger partial charge in [-0.15, -0.1) is 0 Å². The van der Waals surface area contributed by atoms with Crippen LogP contribution in [0, 0.1) is 0 Å². The first-order chi connectivity index (χ1) is 15.0. The summed E-state index contributed by atoms with van der Waals surface area (Å²) in [5.41, 5.74) is 0.0417. The summed E-state index contributed by atoms with van der Waals surface area (Å²) in [5, 5.41) is 3.20. The molecule has 1 amide bonds. The number of aromatic nitrogens is 1. The molecule has 1 saturated carbocycles. The van der Waals surface area contributed by atoms with E-state index in [1.807, 2.05) is 0 Å². The van der Waals surface area contributed by atoms with Crippen molar-refractivity contribution in [3.05, 3.63) is 40.2 Å². The van der Waals surface area contributed by atoms with Crippen LogP contribution in [-0.4, -0.2) is 56.0 Å². The fraction of sp³-hybridized carbons (Fsp3) is 0.545. The maximum atomic E-state index is 13.1. The summed E-state index contributed by atoms with van der Waals surface area (Å²) in [7, 11) is -3.73. The Morgan fingerprint density at radius 1 is 1.06 bits per heavy atom. The van der Waals surface area contributed by atoms with Crippen molar-refractivity contribution < 1.29 is 17.9 Å². The number of aromatic amines is 1. The standard InChI is InChI=1S/C22H29N3O5S/c26-21-18-14-17(31(28,29)25-10-12-30-13-11-25)8-9-20(18)23-15-19(21)22(27)24-16-6-4-2-1-3-5-7-16/h8-9,14-16H,1-7,10-13H2,(H,23,26)(H,24,27). The van der Waals surface area contributed by atoms with E-state index < -0.39 is 21.4 Å². The highest BCUT2D eigenvalue weighted by molar-refractivity contribution is 7.89. The van der Waals surface area contributed by atoms with Gasteiger partial charge in [-0.2, -0.15) is 4.31 Å². The van der Waals surface area contributed by atoms with Crippen molar-refractivity contribution in [1.82, 2.24) is 14.6 Å². The molecule has 2 N–H and O–H groups in total. The van der Waals surface area contributed by atoms with Gasteiger partial charge >= 0.3 is 0 Å². The van der Waals surface area contributed by atoms with Crippen LogP contribution < -0.4 is 10.7 Å². The Morgan fingerprint density at radius 3 is 2.45 bits per heavy atom. The Morgan fingerprint density at radius 2 is 1.74 bits per heavy atom. The molecule has 0 radical (unpaired) electrons. The van der Waals surface area contributed by atoms with E-state index in [1.54, 1.807) is 6.07 Å². The Balaban J connectivity index is 1.61. The zero-order valence-electron chi connectivity index (χ0n) is 17.6. The topological polar surface area (TPSA) is 109 Å². The second-order valence-electron chi connectivity index (χ2n) is 8.27. The third-order valence-electron chi connectivity index (χ3n) is 6.15. The zero-order chi connectivity index (χ0) is 21.8. The molecule has 1 aromatic carbocycles. The molecule has 9 heteroatoms. The maximum absolute atomic E-state index is 13.1. The lowest BCUT2D eigenvalue weighted by Gasteiger charge is -2.26. The number of carbonyl (C=O) groups is 1. The highest BCUT2D eigenvalue weighted by Gasteiger charge is 2.27. The van der Waals surface area contributed by atoms with Gasteiger partial charge < -0.3 is 15.0 Å². The highest BCUT2D eigenvalue weighted by atomic mass is 32.2. The van der Waals surface area contributed by atoms with E-state index in [1.165, 1.54) is 41.9 Å². The number of amides is 1. The van der Waals surface area contributed by atoms with Crippen molar-refractivity contribution in [2.24, 2.45) is 0 Å². The lowest BCUT2D eigenvalue weighted by atomic mass is 9.96. The minimum absolute atomic E-state index is 0.00970. The molecule has 2 aromatic rings. The Hall–Kier alpha value is -2.23. The smallest absolute Gasteiger partial charge is 0.256 e. The molecular weight excluding hydrogens is 418 g/mol. The lowest BCUT2D eigenvalue weighted by Crippen LogP contribution is -2.40. The largest absolute Gasteiger partial charge is 0.379 e. The van der Waals surface area contributed by atoms with E-state index in [2.05, 4.69) is 10.3 Å². The number of benzene rings is 1. The number of ether oxygens (including phenoxy) is 1. The predicted molar refractivity (Wildman–Crippen MR) is 118 cm³/mol. The van der Waals surface area contributed by atoms with E-state index in [0.29, 0.717) is 18.7 Å². The third-order valence-corrected chi connectivity index (χ3v) is 8.04. The van der Waals surface area contributed by atoms with Gasteiger partial charge in [-0.3, -0.25) is 9.59 Å². The highest BCUT2D eigenvalue weighted by Crippen LogP contribution is 2.21. The molecule has 1 saturated heterocycles. The molecule has 8 nitrogen and oxygen atoms in total. The molecule has 2 fully saturated rings. The number of nitrogens with zero attached hydrogens (tertiary/aromatic N) is 1. The van der Waals surface area contributed by atoms with Gasteiger partial charge in [0.25, 0.3) is 5.91 Å². The number of hydrogen-bond acceptors (Lipinski definition) is 5. The summed E-state index contributed by atoms with van der Waals surface area (Å²) in [6, 6.07) is 4.49. The number of rotatable bonds is 4. The molecule has 31 heavy (non-hydrogen) atoms. The van der Waals surface area contributed by atoms with Crippen LogP contribution in [-0.2, 0) is 14.8 Å². The molecule has 1 aliphatic heterocycles. The summed E-state index contributed by atoms with van der Waals surface area (Å²) in [6.07, 6.45) is 8.97. The number of sulfonamides is 1. The third kappa shape index (κ3) is 4.83. The molecule has 1 aromatic heterocycles. The van der Waals surface area contributed by atoms with Gasteiger partial charge in [0.2, 0.25) is 15.5 Å². The molecule has 168 valence electrons. The van der Waals surface area contributed by atoms with Crippen LogP contribution in [0.4, 0.5) is 0 Å². The van der Waals surface area contributed by atoms with Crippen molar-refractivity contribution in [3.8, 4) is 0 Å². The van der Waals surface area contributed by atoms with Crippen LogP contribution in [0.5, 0.6) is 0 Å². The van der Waals surface area contributed by atoms with E-state index in [9.17, 15) is 18.0 Å². The summed E-state index contributed by atoms with van der Waals surface area (Å²) in [5.74, 6) is -0.407. The molecule has 2 heterocycles. The van der Waals surface area contributed by atoms with Crippen molar-refractivity contribution in [1.29, 1.82) is 0 Å². The van der Waals surface area contributed by atoms with Gasteiger partial charge in [0.1, 0.15) is 5.56 Å². The van der Waals surface area contributed by atoms with E-state index in [4.69, 9.17) is 4.74 Å². The summed E-state index contributed by atoms with van der Waals surface area (Å²) in [4.78, 5) is 28.9. The molecule has 0 unspecified atom stereocenters. The number of morpholine rings is 1. The number of carbonyl (C=O) groups excluding carboxylic acids is 1. The number of nitrogens with one attached hydrogen (secondary N) is 2. The Bertz CT molecular complexity index is 1100. The second kappa shape index (κ2) is 9.50. The van der Waals surface area contributed by atoms with Crippen LogP contribution >= 0.6 is 0 Å². The quantitative estimate of drug-likeness (QED) is 0.748. The summed E-state index contributed by atoms with van der Waals surface area (Å²) < 4.78 is 32.5. The fourth-order valence-electron chi connectivity index (χ4n) is 4.33. The van der Waals surface area contributed by atoms with Crippen LogP contribution in [0.2, 0.25) is 0 Å². The Kier molecular flexibility index (Phi) is 6.74. The average Bonchev–Trinajstić information content (AvgIpc) is 2.76. The molecular formula is C22H29N3O5S. The van der Waals surface area contributed by atoms with Gasteiger partial charge in [-0.05, 0) is 31.0 Å². The number of fused-ring (bicyclic) bond motifs is 1. The van der Waals surface area contributed by atoms with E-state index >= 15 is 0 Å². The van der Waals surface area contributed by atoms with E-state index in [0.717, 1.165) is 25.7 Å². The molecule has 4 rings (SSSR count). The second-order valence-corrected chi connectivity index (χ2v) is 10.2. The molecule has 2 aliphatic rings. The van der Waals surface area contributed by atoms with Gasteiger partial charge in [0.15, 0.2) is 0 Å². The van der Waals surface area contributed by atoms with E-state index in [-0.39, 0.29) is 35.0 Å². The normalized spacial score (nSPS) is 19.6. The first-order valence-corrected chi connectivity index (χ1v) is 12.4. The minimum atomic E-state index is -3.73. The van der Waals surface area contributed by atoms with Crippen molar-refractivity contribution in [2.75, 3.05) is 26.3 Å². The first-order valence-electron chi connectivity index (χ1n) is 11.0. The molecule has 0 bridgehead atoms. The SMILES string of the molecule is O=C(NC1CCCCCCC1)c1c[nH]c2ccc(S(=O)(=O)N3CCOCC3)cc2c1=O. The number of hydrogen-bond donors (Lipinski definition) is 2. The van der Waals surface area contributed by atoms with Gasteiger partial charge in [0.05, 0.1) is 18.1 Å². The average molecular weight is 448 g/mol. The molecule has 0 spiro atoms. The van der Waals surface area contributed by atoms with Crippen molar-refractivity contribution in [2.45, 2.75) is 55.9 Å². The van der Waals surface area contributed by atoms with Crippen molar-refractivity contribution >= 4 is 26.8 Å². The van der Waals surface area contributed by atoms with Crippen LogP contribution in [0.3, 0.4) is 0 Å². The van der Waals surface area contributed by atoms with Gasteiger partial charge in [-0.1, -0.05) is 32.1 Å². The van der Waals surface area contributed by atoms with Gasteiger partial charge in [-0.25, -0.2) is 8.42 Å². The van der Waals surface area contributed by atoms with Gasteiger partial charge in [0, 0.05) is 36.2 Å². The summed E-state index contributed by atoms with van der Waals surface area (Å²) >= 11 is 0. The fourth-order valence-corrected chi connectivity index (χ4v) is 5.76. The lowest BCUT2D eigenvalue weighted by molar-refractivity contribution is 0.0730. The predicted octanol–water partition coefficient (Wildman–Crippen LogP) is 2.39. The number of H-pyrrole nitrogens is 1. The number of pyridine rings is 1. The monoisotopic (exact) mass is 447 g/mol. The molecule has 1 aliphatic carbocycles. The molecule has 0 atom stereocenters. The summed E-state index contributed by atoms with van der Waals surface area (Å²) in [6.45, 7) is 1.25. The van der Waals surface area contributed by atoms with Crippen molar-refractivity contribution in [3.63, 3.8) is 0 Å².